The number of nitrogens with one attached hydrogen (secondary N) is 2. The number of carbonyl (C=O) groups excluding carboxylic acids is 2. The molecule has 0 saturated carbocycles. The first-order valence-electron chi connectivity index (χ1n) is 10.9. The summed E-state index contributed by atoms with van der Waals surface area (Å²) in [6, 6.07) is 21.2. The van der Waals surface area contributed by atoms with E-state index in [0.717, 1.165) is 29.0 Å². The highest BCUT2D eigenvalue weighted by Gasteiger charge is 2.28. The molecule has 1 amide bonds. The molecule has 3 aromatic rings. The number of benzene rings is 3. The molecule has 1 aliphatic rings. The summed E-state index contributed by atoms with van der Waals surface area (Å²) >= 11 is 0. The molecule has 0 spiro atoms. The molecule has 3 aromatic carbocycles. The van der Waals surface area contributed by atoms with E-state index in [2.05, 4.69) is 24.5 Å². The predicted octanol–water partition coefficient (Wildman–Crippen LogP) is 4.97. The molecule has 0 atom stereocenters. The molecule has 6 nitrogen and oxygen atoms in total. The van der Waals surface area contributed by atoms with Crippen LogP contribution in [0.2, 0.25) is 0 Å². The van der Waals surface area contributed by atoms with E-state index in [1.165, 1.54) is 0 Å². The van der Waals surface area contributed by atoms with Gasteiger partial charge in [-0.3, -0.25) is 9.59 Å². The molecule has 34 heavy (non-hydrogen) atoms. The van der Waals surface area contributed by atoms with Crippen molar-refractivity contribution in [2.24, 2.45) is 0 Å². The zero-order valence-electron chi connectivity index (χ0n) is 19.3. The van der Waals surface area contributed by atoms with Gasteiger partial charge >= 0.3 is 0 Å². The second kappa shape index (κ2) is 9.24. The standard InChI is InChI=1S/C28H25N3O3/c1-28(2)16-21-11-12-23(34-3)14-24(21)25(31-28)15-26(32)19-7-9-20(10-8-19)27(33)30-22-6-4-5-18(13-22)17-29/h4-15,31H,16H2,1-3H3,(H,30,33)/b25-15-. The molecule has 0 aliphatic carbocycles. The summed E-state index contributed by atoms with van der Waals surface area (Å²) in [5.41, 5.74) is 4.54. The number of nitrogens with zero attached hydrogens (tertiary/aromatic N) is 1. The van der Waals surface area contributed by atoms with Crippen LogP contribution in [0.25, 0.3) is 5.70 Å². The van der Waals surface area contributed by atoms with E-state index in [-0.39, 0.29) is 17.2 Å². The molecule has 2 N–H and O–H groups in total. The Balaban J connectivity index is 1.55. The van der Waals surface area contributed by atoms with E-state index in [1.807, 2.05) is 24.3 Å². The minimum absolute atomic E-state index is 0.164. The first-order chi connectivity index (χ1) is 16.3. The Hall–Kier alpha value is -4.37. The molecule has 1 heterocycles. The number of anilines is 1. The van der Waals surface area contributed by atoms with Gasteiger partial charge in [0.05, 0.1) is 18.7 Å². The van der Waals surface area contributed by atoms with Crippen LogP contribution < -0.4 is 15.4 Å². The second-order valence-corrected chi connectivity index (χ2v) is 8.86. The molecule has 170 valence electrons. The molecule has 4 rings (SSSR count). The number of hydrogen-bond donors (Lipinski definition) is 2. The predicted molar refractivity (Wildman–Crippen MR) is 132 cm³/mol. The molecule has 6 heteroatoms. The maximum Gasteiger partial charge on any atom is 0.255 e. The summed E-state index contributed by atoms with van der Waals surface area (Å²) in [5.74, 6) is 0.251. The molecule has 0 bridgehead atoms. The fourth-order valence-corrected chi connectivity index (χ4v) is 4.02. The van der Waals surface area contributed by atoms with E-state index in [1.54, 1.807) is 61.7 Å². The molecular weight excluding hydrogens is 426 g/mol. The maximum atomic E-state index is 13.1. The van der Waals surface area contributed by atoms with Crippen molar-refractivity contribution in [2.45, 2.75) is 25.8 Å². The zero-order valence-corrected chi connectivity index (χ0v) is 19.3. The molecule has 0 fully saturated rings. The van der Waals surface area contributed by atoms with Crippen molar-refractivity contribution in [3.05, 3.63) is 101 Å². The minimum atomic E-state index is -0.316. The van der Waals surface area contributed by atoms with Gasteiger partial charge in [0.2, 0.25) is 0 Å². The molecule has 0 unspecified atom stereocenters. The fourth-order valence-electron chi connectivity index (χ4n) is 4.02. The van der Waals surface area contributed by atoms with Crippen molar-refractivity contribution in [3.8, 4) is 11.8 Å². The average molecular weight is 452 g/mol. The van der Waals surface area contributed by atoms with Gasteiger partial charge in [0.15, 0.2) is 5.78 Å². The van der Waals surface area contributed by atoms with Crippen LogP contribution in [0, 0.1) is 11.3 Å². The van der Waals surface area contributed by atoms with Gasteiger partial charge in [-0.05, 0) is 68.3 Å². The number of allylic oxidation sites excluding steroid dienone is 1. The normalized spacial score (nSPS) is 14.9. The summed E-state index contributed by atoms with van der Waals surface area (Å²) in [7, 11) is 1.62. The van der Waals surface area contributed by atoms with E-state index in [4.69, 9.17) is 10.00 Å². The van der Waals surface area contributed by atoms with Crippen molar-refractivity contribution in [1.29, 1.82) is 5.26 Å². The lowest BCUT2D eigenvalue weighted by atomic mass is 9.85. The van der Waals surface area contributed by atoms with E-state index in [0.29, 0.717) is 22.4 Å². The highest BCUT2D eigenvalue weighted by atomic mass is 16.5. The van der Waals surface area contributed by atoms with Crippen molar-refractivity contribution in [2.75, 3.05) is 12.4 Å². The lowest BCUT2D eigenvalue weighted by molar-refractivity contribution is 0.102. The summed E-state index contributed by atoms with van der Waals surface area (Å²) in [6.07, 6.45) is 2.43. The van der Waals surface area contributed by atoms with Crippen LogP contribution in [0.1, 0.15) is 51.3 Å². The Morgan fingerprint density at radius 1 is 1.06 bits per heavy atom. The van der Waals surface area contributed by atoms with Gasteiger partial charge in [0.1, 0.15) is 5.75 Å². The van der Waals surface area contributed by atoms with Crippen LogP contribution in [0.4, 0.5) is 5.69 Å². The van der Waals surface area contributed by atoms with Crippen molar-refractivity contribution in [1.82, 2.24) is 5.32 Å². The monoisotopic (exact) mass is 451 g/mol. The molecule has 0 saturated heterocycles. The summed E-state index contributed by atoms with van der Waals surface area (Å²) in [4.78, 5) is 25.6. The van der Waals surface area contributed by atoms with Crippen LogP contribution in [-0.2, 0) is 6.42 Å². The highest BCUT2D eigenvalue weighted by molar-refractivity contribution is 6.10. The smallest absolute Gasteiger partial charge is 0.255 e. The van der Waals surface area contributed by atoms with Crippen molar-refractivity contribution in [3.63, 3.8) is 0 Å². The van der Waals surface area contributed by atoms with Gasteiger partial charge < -0.3 is 15.4 Å². The third-order valence-corrected chi connectivity index (χ3v) is 5.67. The number of ketones is 1. The van der Waals surface area contributed by atoms with Crippen LogP contribution in [-0.4, -0.2) is 24.3 Å². The van der Waals surface area contributed by atoms with Gasteiger partial charge in [-0.1, -0.05) is 24.3 Å². The Morgan fingerprint density at radius 3 is 2.50 bits per heavy atom. The lowest BCUT2D eigenvalue weighted by Crippen LogP contribution is -2.43. The Kier molecular flexibility index (Phi) is 6.20. The first-order valence-corrected chi connectivity index (χ1v) is 10.9. The van der Waals surface area contributed by atoms with Crippen LogP contribution >= 0.6 is 0 Å². The number of carbonyl (C=O) groups is 2. The number of fused-ring (bicyclic) bond motifs is 1. The van der Waals surface area contributed by atoms with E-state index < -0.39 is 0 Å². The zero-order chi connectivity index (χ0) is 24.3. The fraction of sp³-hybridized carbons (Fsp3) is 0.179. The Morgan fingerprint density at radius 2 is 1.79 bits per heavy atom. The van der Waals surface area contributed by atoms with Crippen LogP contribution in [0.5, 0.6) is 5.75 Å². The SMILES string of the molecule is COc1ccc2c(c1)/C(=C/C(=O)c1ccc(C(=O)Nc3cccc(C#N)c3)cc1)NC(C)(C)C2. The van der Waals surface area contributed by atoms with E-state index >= 15 is 0 Å². The van der Waals surface area contributed by atoms with E-state index in [9.17, 15) is 9.59 Å². The first kappa shape index (κ1) is 22.8. The number of methoxy groups -OCH3 is 1. The number of nitriles is 1. The van der Waals surface area contributed by atoms with Gasteiger partial charge in [0, 0.05) is 39.7 Å². The van der Waals surface area contributed by atoms with Gasteiger partial charge in [-0.2, -0.15) is 5.26 Å². The van der Waals surface area contributed by atoms with Gasteiger partial charge in [0.25, 0.3) is 5.91 Å². The number of rotatable bonds is 5. The maximum absolute atomic E-state index is 13.1. The summed E-state index contributed by atoms with van der Waals surface area (Å²) in [6.45, 7) is 4.19. The molecule has 0 aromatic heterocycles. The number of ether oxygens (including phenoxy) is 1. The van der Waals surface area contributed by atoms with Crippen LogP contribution in [0.15, 0.2) is 72.8 Å². The molecular formula is C28H25N3O3. The van der Waals surface area contributed by atoms with Gasteiger partial charge in [-0.15, -0.1) is 0 Å². The summed E-state index contributed by atoms with van der Waals surface area (Å²) < 4.78 is 5.37. The number of amides is 1. The lowest BCUT2D eigenvalue weighted by Gasteiger charge is -2.35. The highest BCUT2D eigenvalue weighted by Crippen LogP contribution is 2.32. The van der Waals surface area contributed by atoms with Crippen LogP contribution in [0.3, 0.4) is 0 Å². The third-order valence-electron chi connectivity index (χ3n) is 5.67. The second-order valence-electron chi connectivity index (χ2n) is 8.86. The third kappa shape index (κ3) is 5.00. The van der Waals surface area contributed by atoms with Crippen molar-refractivity contribution >= 4 is 23.1 Å². The molecule has 1 aliphatic heterocycles. The number of hydrogen-bond acceptors (Lipinski definition) is 5. The molecule has 0 radical (unpaired) electrons. The average Bonchev–Trinajstić information content (AvgIpc) is 2.83. The summed E-state index contributed by atoms with van der Waals surface area (Å²) in [5, 5.41) is 15.2. The Bertz CT molecular complexity index is 1330. The van der Waals surface area contributed by atoms with Gasteiger partial charge in [-0.25, -0.2) is 0 Å². The topological polar surface area (TPSA) is 91.2 Å². The van der Waals surface area contributed by atoms with Crippen molar-refractivity contribution < 1.29 is 14.3 Å². The largest absolute Gasteiger partial charge is 0.497 e. The quantitative estimate of drug-likeness (QED) is 0.422. The Labute approximate surface area is 198 Å². The minimum Gasteiger partial charge on any atom is -0.497 e.